The van der Waals surface area contributed by atoms with E-state index in [1.54, 1.807) is 29.2 Å². The summed E-state index contributed by atoms with van der Waals surface area (Å²) in [7, 11) is 1.83. The van der Waals surface area contributed by atoms with Gasteiger partial charge in [-0.3, -0.25) is 14.5 Å². The first-order chi connectivity index (χ1) is 18.0. The van der Waals surface area contributed by atoms with Crippen molar-refractivity contribution in [2.24, 2.45) is 7.05 Å². The Bertz CT molecular complexity index is 1740. The van der Waals surface area contributed by atoms with Gasteiger partial charge in [-0.2, -0.15) is 5.10 Å². The van der Waals surface area contributed by atoms with Gasteiger partial charge in [-0.15, -0.1) is 0 Å². The van der Waals surface area contributed by atoms with E-state index in [0.717, 1.165) is 22.0 Å². The van der Waals surface area contributed by atoms with E-state index in [1.165, 1.54) is 6.07 Å². The summed E-state index contributed by atoms with van der Waals surface area (Å²) in [5.74, 6) is -0.0470. The number of nitrogens with zero attached hydrogens (tertiary/aromatic N) is 3. The van der Waals surface area contributed by atoms with Crippen molar-refractivity contribution < 1.29 is 13.9 Å². The Hall–Kier alpha value is -4.46. The smallest absolute Gasteiger partial charge is 0.340 e. The molecule has 0 amide bonds. The quantitative estimate of drug-likeness (QED) is 0.282. The van der Waals surface area contributed by atoms with Gasteiger partial charge in [0.15, 0.2) is 11.2 Å². The molecule has 8 heteroatoms. The van der Waals surface area contributed by atoms with Crippen LogP contribution >= 0.6 is 0 Å². The van der Waals surface area contributed by atoms with E-state index in [9.17, 15) is 9.59 Å². The molecule has 3 heterocycles. The predicted octanol–water partition coefficient (Wildman–Crippen LogP) is 6.18. The molecule has 5 aromatic rings. The van der Waals surface area contributed by atoms with Crippen LogP contribution in [-0.2, 0) is 11.8 Å². The van der Waals surface area contributed by atoms with Gasteiger partial charge < -0.3 is 14.5 Å². The van der Waals surface area contributed by atoms with Crippen LogP contribution in [0.5, 0.6) is 0 Å². The van der Waals surface area contributed by atoms with Crippen LogP contribution in [0.2, 0.25) is 0 Å². The molecular formula is C30H30N4O4. The van der Waals surface area contributed by atoms with E-state index in [-0.39, 0.29) is 11.5 Å². The van der Waals surface area contributed by atoms with Crippen LogP contribution < -0.4 is 10.7 Å². The molecule has 1 atom stereocenters. The first-order valence-electron chi connectivity index (χ1n) is 12.5. The molecule has 0 bridgehead atoms. The summed E-state index contributed by atoms with van der Waals surface area (Å²) in [5.41, 5.74) is 3.79. The second kappa shape index (κ2) is 9.45. The van der Waals surface area contributed by atoms with Crippen LogP contribution in [0.1, 0.15) is 55.2 Å². The third kappa shape index (κ3) is 4.77. The first kappa shape index (κ1) is 25.2. The molecule has 0 saturated heterocycles. The number of ether oxygens (including phenoxy) is 1. The lowest BCUT2D eigenvalue weighted by atomic mass is 10.0. The van der Waals surface area contributed by atoms with Gasteiger partial charge in [-0.1, -0.05) is 18.2 Å². The Morgan fingerprint density at radius 3 is 2.66 bits per heavy atom. The number of hydrogen-bond donors (Lipinski definition) is 1. The number of carbonyl (C=O) groups is 1. The molecule has 194 valence electrons. The molecule has 2 aromatic carbocycles. The molecule has 0 fully saturated rings. The number of rotatable bonds is 5. The highest BCUT2D eigenvalue weighted by Crippen LogP contribution is 2.33. The highest BCUT2D eigenvalue weighted by atomic mass is 16.6. The topological polar surface area (TPSA) is 99.2 Å². The minimum absolute atomic E-state index is 0.159. The van der Waals surface area contributed by atoms with Crippen LogP contribution in [0.15, 0.2) is 70.1 Å². The molecule has 3 aromatic heterocycles. The molecule has 1 N–H and O–H groups in total. The third-order valence-electron chi connectivity index (χ3n) is 6.27. The average Bonchev–Trinajstić information content (AvgIpc) is 3.24. The number of fused-ring (bicyclic) bond motifs is 2. The van der Waals surface area contributed by atoms with Crippen LogP contribution in [0.4, 0.5) is 5.69 Å². The van der Waals surface area contributed by atoms with Gasteiger partial charge in [0.25, 0.3) is 0 Å². The molecule has 0 aliphatic heterocycles. The number of carbonyl (C=O) groups excluding carboxylic acids is 1. The van der Waals surface area contributed by atoms with Gasteiger partial charge in [0.05, 0.1) is 28.7 Å². The number of benzene rings is 2. The Balaban J connectivity index is 1.61. The van der Waals surface area contributed by atoms with Gasteiger partial charge in [0.2, 0.25) is 0 Å². The fourth-order valence-electron chi connectivity index (χ4n) is 4.60. The highest BCUT2D eigenvalue weighted by molar-refractivity contribution is 5.96. The maximum absolute atomic E-state index is 13.3. The summed E-state index contributed by atoms with van der Waals surface area (Å²) in [4.78, 5) is 30.7. The highest BCUT2D eigenvalue weighted by Gasteiger charge is 2.23. The molecular weight excluding hydrogens is 480 g/mol. The van der Waals surface area contributed by atoms with Gasteiger partial charge in [-0.05, 0) is 64.4 Å². The SMILES string of the molecule is Cc1cc(C(C)Nc2ccccc2C(=O)OC(C)(C)C)c2oc(-c3nccc4cnn(C)c34)cc(=O)c2c1. The number of anilines is 1. The molecule has 38 heavy (non-hydrogen) atoms. The van der Waals surface area contributed by atoms with Crippen LogP contribution in [0.25, 0.3) is 33.3 Å². The van der Waals surface area contributed by atoms with Gasteiger partial charge in [0.1, 0.15) is 16.9 Å². The van der Waals surface area contributed by atoms with E-state index in [1.807, 2.05) is 72.0 Å². The van der Waals surface area contributed by atoms with E-state index >= 15 is 0 Å². The van der Waals surface area contributed by atoms with Crippen LogP contribution in [-0.4, -0.2) is 26.3 Å². The normalized spacial score (nSPS) is 12.6. The monoisotopic (exact) mass is 510 g/mol. The summed E-state index contributed by atoms with van der Waals surface area (Å²) in [5, 5.41) is 9.14. The molecule has 0 aliphatic carbocycles. The molecule has 1 unspecified atom stereocenters. The van der Waals surface area contributed by atoms with E-state index in [0.29, 0.717) is 33.7 Å². The van der Waals surface area contributed by atoms with Crippen molar-refractivity contribution in [1.29, 1.82) is 0 Å². The number of pyridine rings is 1. The molecule has 0 aliphatic rings. The van der Waals surface area contributed by atoms with E-state index in [4.69, 9.17) is 9.15 Å². The maximum atomic E-state index is 13.3. The minimum atomic E-state index is -0.618. The summed E-state index contributed by atoms with van der Waals surface area (Å²) < 4.78 is 13.7. The van der Waals surface area contributed by atoms with Crippen molar-refractivity contribution in [3.8, 4) is 11.5 Å². The second-order valence-electron chi connectivity index (χ2n) is 10.5. The number of esters is 1. The summed E-state index contributed by atoms with van der Waals surface area (Å²) in [6, 6.07) is 14.1. The molecule has 0 saturated carbocycles. The molecule has 8 nitrogen and oxygen atoms in total. The Morgan fingerprint density at radius 2 is 1.89 bits per heavy atom. The summed E-state index contributed by atoms with van der Waals surface area (Å²) >= 11 is 0. The predicted molar refractivity (Wildman–Crippen MR) is 148 cm³/mol. The van der Waals surface area contributed by atoms with Crippen molar-refractivity contribution in [3.63, 3.8) is 0 Å². The van der Waals surface area contributed by atoms with Crippen molar-refractivity contribution in [1.82, 2.24) is 14.8 Å². The Kier molecular flexibility index (Phi) is 6.26. The number of aryl methyl sites for hydroxylation is 2. The van der Waals surface area contributed by atoms with Gasteiger partial charge >= 0.3 is 5.97 Å². The number of para-hydroxylation sites is 1. The van der Waals surface area contributed by atoms with Gasteiger partial charge in [-0.25, -0.2) is 4.79 Å². The lowest BCUT2D eigenvalue weighted by Gasteiger charge is -2.22. The second-order valence-corrected chi connectivity index (χ2v) is 10.5. The summed E-state index contributed by atoms with van der Waals surface area (Å²) in [6.07, 6.45) is 3.43. The summed E-state index contributed by atoms with van der Waals surface area (Å²) in [6.45, 7) is 9.41. The average molecular weight is 511 g/mol. The lowest BCUT2D eigenvalue weighted by molar-refractivity contribution is 0.00706. The number of nitrogens with one attached hydrogen (secondary N) is 1. The van der Waals surface area contributed by atoms with Crippen LogP contribution in [0, 0.1) is 6.92 Å². The first-order valence-corrected chi connectivity index (χ1v) is 12.5. The van der Waals surface area contributed by atoms with Crippen LogP contribution in [0.3, 0.4) is 0 Å². The maximum Gasteiger partial charge on any atom is 0.340 e. The third-order valence-corrected chi connectivity index (χ3v) is 6.27. The van der Waals surface area contributed by atoms with Gasteiger partial charge in [0, 0.05) is 35.9 Å². The lowest BCUT2D eigenvalue weighted by Crippen LogP contribution is -2.24. The van der Waals surface area contributed by atoms with Crippen molar-refractivity contribution >= 4 is 33.5 Å². The zero-order valence-corrected chi connectivity index (χ0v) is 22.3. The van der Waals surface area contributed by atoms with Crippen molar-refractivity contribution in [2.75, 3.05) is 5.32 Å². The Morgan fingerprint density at radius 1 is 1.13 bits per heavy atom. The largest absolute Gasteiger partial charge is 0.456 e. The molecule has 5 rings (SSSR count). The standard InChI is InChI=1S/C30H30N4O4/c1-17-13-21(18(2)33-23-10-8-7-9-20(23)29(36)38-30(3,4)5)28-22(14-17)24(35)15-25(37-28)26-27-19(11-12-31-26)16-32-34(27)6/h7-16,18,33H,1-6H3. The fraction of sp³-hybridized carbons (Fsp3) is 0.267. The molecule has 0 spiro atoms. The Labute approximate surface area is 220 Å². The zero-order chi connectivity index (χ0) is 27.2. The molecule has 0 radical (unpaired) electrons. The zero-order valence-electron chi connectivity index (χ0n) is 22.3. The number of aromatic nitrogens is 3. The van der Waals surface area contributed by atoms with Crippen molar-refractivity contribution in [3.05, 3.63) is 87.8 Å². The minimum Gasteiger partial charge on any atom is -0.456 e. The van der Waals surface area contributed by atoms with Crippen molar-refractivity contribution in [2.45, 2.75) is 46.3 Å². The van der Waals surface area contributed by atoms with E-state index in [2.05, 4.69) is 15.4 Å². The van der Waals surface area contributed by atoms with E-state index < -0.39 is 11.6 Å². The number of hydrogen-bond acceptors (Lipinski definition) is 7. The fourth-order valence-corrected chi connectivity index (χ4v) is 4.60.